The van der Waals surface area contributed by atoms with Gasteiger partial charge in [0, 0.05) is 0 Å². The topological polar surface area (TPSA) is 3.24 Å². The summed E-state index contributed by atoms with van der Waals surface area (Å²) in [7, 11) is -2.50. The molecule has 0 rings (SSSR count). The van der Waals surface area contributed by atoms with E-state index in [9.17, 15) is 0 Å². The largest absolute Gasteiger partial charge is 0.428 e. The minimum Gasteiger partial charge on any atom is -0.428 e. The molecule has 0 saturated heterocycles. The first-order valence-electron chi connectivity index (χ1n) is 6.59. The van der Waals surface area contributed by atoms with Gasteiger partial charge in [-0.3, -0.25) is 0 Å². The fraction of sp³-hybridized carbons (Fsp3) is 0.846. The highest BCUT2D eigenvalue weighted by Gasteiger charge is 2.34. The van der Waals surface area contributed by atoms with E-state index in [1.807, 2.05) is 0 Å². The van der Waals surface area contributed by atoms with E-state index in [0.717, 1.165) is 0 Å². The molecule has 0 amide bonds. The van der Waals surface area contributed by atoms with Gasteiger partial charge in [-0.15, -0.1) is 0 Å². The summed E-state index contributed by atoms with van der Waals surface area (Å²) >= 11 is 0. The van der Waals surface area contributed by atoms with E-state index in [4.69, 9.17) is 0 Å². The average Bonchev–Trinajstić information content (AvgIpc) is 1.98. The fourth-order valence-corrected chi connectivity index (χ4v) is 12.8. The molecule has 1 nitrogen and oxygen atoms in total. The number of unbranched alkanes of at least 4 members (excludes halogenated alkanes) is 2. The van der Waals surface area contributed by atoms with Gasteiger partial charge in [0.15, 0.2) is 0 Å². The maximum Gasteiger partial charge on any atom is 0.138 e. The Balaban J connectivity index is 4.61. The van der Waals surface area contributed by atoms with Crippen molar-refractivity contribution in [3.8, 4) is 0 Å². The van der Waals surface area contributed by atoms with Crippen LogP contribution in [-0.2, 0) is 0 Å². The molecule has 0 N–H and O–H groups in total. The van der Waals surface area contributed by atoms with Gasteiger partial charge in [0.2, 0.25) is 0 Å². The van der Waals surface area contributed by atoms with Crippen molar-refractivity contribution in [1.82, 2.24) is 4.23 Å². The number of hydrogen-bond donors (Lipinski definition) is 0. The van der Waals surface area contributed by atoms with Crippen molar-refractivity contribution >= 4 is 16.5 Å². The summed E-state index contributed by atoms with van der Waals surface area (Å²) in [6, 6.07) is 0. The Kier molecular flexibility index (Phi) is 6.05. The Labute approximate surface area is 105 Å². The lowest BCUT2D eigenvalue weighted by Crippen LogP contribution is -2.57. The van der Waals surface area contributed by atoms with Crippen molar-refractivity contribution < 1.29 is 0 Å². The van der Waals surface area contributed by atoms with Gasteiger partial charge in [0.25, 0.3) is 0 Å². The molecule has 0 unspecified atom stereocenters. The zero-order valence-corrected chi connectivity index (χ0v) is 14.5. The van der Waals surface area contributed by atoms with E-state index >= 15 is 0 Å². The minimum atomic E-state index is -1.25. The molecule has 0 atom stereocenters. The van der Waals surface area contributed by atoms with Crippen LogP contribution in [0.3, 0.4) is 0 Å². The first kappa shape index (κ1) is 16.0. The molecule has 0 bridgehead atoms. The molecule has 0 aromatic carbocycles. The van der Waals surface area contributed by atoms with Crippen LogP contribution in [0.1, 0.15) is 32.6 Å². The standard InChI is InChI=1S/C13H31NSi2/c1-9-10-11-12-13(2)14(15(3,4)5)16(6,7)8/h2,9-12H2,1,3-8H3. The maximum absolute atomic E-state index is 4.36. The smallest absolute Gasteiger partial charge is 0.138 e. The first-order valence-corrected chi connectivity index (χ1v) is 13.5. The quantitative estimate of drug-likeness (QED) is 0.455. The molecule has 0 aliphatic rings. The summed E-state index contributed by atoms with van der Waals surface area (Å²) in [6.45, 7) is 21.3. The van der Waals surface area contributed by atoms with Gasteiger partial charge in [0.05, 0.1) is 0 Å². The second-order valence-electron chi connectivity index (χ2n) is 6.70. The van der Waals surface area contributed by atoms with Gasteiger partial charge in [-0.25, -0.2) is 0 Å². The number of hydrogen-bond acceptors (Lipinski definition) is 1. The van der Waals surface area contributed by atoms with Crippen molar-refractivity contribution in [3.05, 3.63) is 12.3 Å². The molecule has 96 valence electrons. The van der Waals surface area contributed by atoms with Crippen LogP contribution in [0.15, 0.2) is 12.3 Å². The molecular weight excluding hydrogens is 226 g/mol. The van der Waals surface area contributed by atoms with Crippen LogP contribution < -0.4 is 0 Å². The van der Waals surface area contributed by atoms with Crippen LogP contribution >= 0.6 is 0 Å². The predicted octanol–water partition coefficient (Wildman–Crippen LogP) is 5.05. The fourth-order valence-electron chi connectivity index (χ4n) is 2.65. The Hall–Kier alpha value is -0.0262. The zero-order valence-electron chi connectivity index (χ0n) is 12.5. The minimum absolute atomic E-state index is 1.20. The van der Waals surface area contributed by atoms with Crippen LogP contribution in [0.5, 0.6) is 0 Å². The van der Waals surface area contributed by atoms with Crippen molar-refractivity contribution in [3.63, 3.8) is 0 Å². The van der Waals surface area contributed by atoms with Crippen molar-refractivity contribution in [2.75, 3.05) is 0 Å². The van der Waals surface area contributed by atoms with Gasteiger partial charge < -0.3 is 4.23 Å². The highest BCUT2D eigenvalue weighted by Crippen LogP contribution is 2.27. The number of rotatable bonds is 7. The van der Waals surface area contributed by atoms with Gasteiger partial charge in [-0.2, -0.15) is 0 Å². The third-order valence-corrected chi connectivity index (χ3v) is 10.1. The Morgan fingerprint density at radius 1 is 0.938 bits per heavy atom. The van der Waals surface area contributed by atoms with Crippen LogP contribution in [0.4, 0.5) is 0 Å². The van der Waals surface area contributed by atoms with Crippen LogP contribution in [-0.4, -0.2) is 20.7 Å². The Morgan fingerprint density at radius 2 is 1.38 bits per heavy atom. The molecule has 0 heterocycles. The molecule has 0 aliphatic carbocycles. The summed E-state index contributed by atoms with van der Waals surface area (Å²) in [4.78, 5) is 0. The van der Waals surface area contributed by atoms with E-state index < -0.39 is 16.5 Å². The lowest BCUT2D eigenvalue weighted by Gasteiger charge is -2.47. The van der Waals surface area contributed by atoms with E-state index in [0.29, 0.717) is 0 Å². The molecule has 0 aromatic heterocycles. The summed E-state index contributed by atoms with van der Waals surface area (Å²) < 4.78 is 2.75. The Bertz CT molecular complexity index is 209. The van der Waals surface area contributed by atoms with Gasteiger partial charge in [-0.05, 0) is 18.5 Å². The second kappa shape index (κ2) is 6.06. The van der Waals surface area contributed by atoms with Crippen LogP contribution in [0.2, 0.25) is 39.3 Å². The van der Waals surface area contributed by atoms with Gasteiger partial charge in [-0.1, -0.05) is 65.6 Å². The van der Waals surface area contributed by atoms with Crippen LogP contribution in [0, 0.1) is 0 Å². The highest BCUT2D eigenvalue weighted by atomic mass is 28.4. The SMILES string of the molecule is C=C(CCCCC)N([Si](C)(C)C)[Si](C)(C)C. The third-order valence-electron chi connectivity index (χ3n) is 2.73. The van der Waals surface area contributed by atoms with E-state index in [1.165, 1.54) is 31.4 Å². The van der Waals surface area contributed by atoms with Crippen molar-refractivity contribution in [1.29, 1.82) is 0 Å². The molecular formula is C13H31NSi2. The average molecular weight is 258 g/mol. The van der Waals surface area contributed by atoms with Crippen molar-refractivity contribution in [2.24, 2.45) is 0 Å². The molecule has 3 heteroatoms. The summed E-state index contributed by atoms with van der Waals surface area (Å²) in [5.74, 6) is 0. The summed E-state index contributed by atoms with van der Waals surface area (Å²) in [5.41, 5.74) is 1.41. The monoisotopic (exact) mass is 257 g/mol. The third kappa shape index (κ3) is 5.35. The predicted molar refractivity (Wildman–Crippen MR) is 81.8 cm³/mol. The highest BCUT2D eigenvalue weighted by molar-refractivity contribution is 6.90. The van der Waals surface area contributed by atoms with Crippen LogP contribution in [0.25, 0.3) is 0 Å². The molecule has 16 heavy (non-hydrogen) atoms. The molecule has 0 aromatic rings. The molecule has 0 radical (unpaired) electrons. The van der Waals surface area contributed by atoms with Gasteiger partial charge >= 0.3 is 0 Å². The molecule has 0 fully saturated rings. The Morgan fingerprint density at radius 3 is 1.69 bits per heavy atom. The second-order valence-corrected chi connectivity index (χ2v) is 16.7. The lowest BCUT2D eigenvalue weighted by atomic mass is 10.2. The molecule has 0 saturated carbocycles. The maximum atomic E-state index is 4.36. The summed E-state index contributed by atoms with van der Waals surface area (Å²) in [6.07, 6.45) is 5.14. The van der Waals surface area contributed by atoms with E-state index in [-0.39, 0.29) is 0 Å². The zero-order chi connectivity index (χ0) is 13.0. The molecule has 0 spiro atoms. The number of allylic oxidation sites excluding steroid dienone is 1. The van der Waals surface area contributed by atoms with Crippen molar-refractivity contribution in [2.45, 2.75) is 71.9 Å². The van der Waals surface area contributed by atoms with Gasteiger partial charge in [0.1, 0.15) is 16.5 Å². The number of nitrogens with zero attached hydrogens (tertiary/aromatic N) is 1. The normalized spacial score (nSPS) is 12.7. The molecule has 0 aliphatic heterocycles. The van der Waals surface area contributed by atoms with E-state index in [2.05, 4.69) is 57.0 Å². The van der Waals surface area contributed by atoms with E-state index in [1.54, 1.807) is 0 Å². The first-order chi connectivity index (χ1) is 7.10. The lowest BCUT2D eigenvalue weighted by molar-refractivity contribution is 0.636. The summed E-state index contributed by atoms with van der Waals surface area (Å²) in [5, 5.41) is 0.